The summed E-state index contributed by atoms with van der Waals surface area (Å²) in [5, 5.41) is 0. The number of aromatic nitrogens is 2. The molecule has 0 N–H and O–H groups in total. The van der Waals surface area contributed by atoms with Crippen LogP contribution in [-0.2, 0) is 19.5 Å². The Kier molecular flexibility index (Phi) is 6.27. The molecule has 27 heavy (non-hydrogen) atoms. The molecule has 0 unspecified atom stereocenters. The molecule has 0 saturated heterocycles. The molecular weight excluding hydrogens is 400 g/mol. The number of Topliss-reactive ketones (excluding diaryl/α,β-unsaturated/α-hetero) is 1. The van der Waals surface area contributed by atoms with Crippen LogP contribution in [0.15, 0.2) is 60.8 Å². The van der Waals surface area contributed by atoms with Crippen molar-refractivity contribution in [2.75, 3.05) is 0 Å². The normalized spacial score (nSPS) is 13.4. The second-order valence-electron chi connectivity index (χ2n) is 7.18. The van der Waals surface area contributed by atoms with E-state index in [1.54, 1.807) is 0 Å². The molecule has 0 amide bonds. The maximum Gasteiger partial charge on any atom is 0.257 e. The molecule has 0 spiro atoms. The highest BCUT2D eigenvalue weighted by Gasteiger charge is 2.27. The van der Waals surface area contributed by atoms with E-state index in [2.05, 4.69) is 39.6 Å². The Morgan fingerprint density at radius 3 is 2.48 bits per heavy atom. The predicted octanol–water partition coefficient (Wildman–Crippen LogP) is 1.36. The number of fused-ring (bicyclic) bond motifs is 1. The fraction of sp³-hybridized carbons (Fsp3) is 0.304. The number of ketones is 1. The van der Waals surface area contributed by atoms with E-state index >= 15 is 0 Å². The van der Waals surface area contributed by atoms with Gasteiger partial charge in [0.25, 0.3) is 5.82 Å². The molecule has 0 aliphatic carbocycles. The van der Waals surface area contributed by atoms with Crippen LogP contribution in [0.1, 0.15) is 41.0 Å². The number of imidazole rings is 1. The Morgan fingerprint density at radius 1 is 1.00 bits per heavy atom. The third-order valence-electron chi connectivity index (χ3n) is 5.25. The quantitative estimate of drug-likeness (QED) is 0.458. The molecule has 2 heterocycles. The van der Waals surface area contributed by atoms with E-state index in [4.69, 9.17) is 0 Å². The standard InChI is InChI=1S/C23H25N2O.BrH/c1-18-11-13-20(14-12-18)22(26)17-24-16-21(19-8-4-2-5-9-19)25-15-7-3-6-10-23(24)25;/h2,4-5,8-9,11-14,16H,3,6-7,10,15,17H2,1H3;1H/q+1;/p-1. The van der Waals surface area contributed by atoms with Gasteiger partial charge in [0.1, 0.15) is 6.20 Å². The van der Waals surface area contributed by atoms with Crippen molar-refractivity contribution in [1.29, 1.82) is 0 Å². The van der Waals surface area contributed by atoms with E-state index in [1.165, 1.54) is 41.9 Å². The van der Waals surface area contributed by atoms with Crippen LogP contribution in [-0.4, -0.2) is 10.4 Å². The number of carbonyl (C=O) groups excluding carboxylic acids is 1. The average Bonchev–Trinajstić information content (AvgIpc) is 2.84. The Morgan fingerprint density at radius 2 is 1.74 bits per heavy atom. The molecule has 0 radical (unpaired) electrons. The van der Waals surface area contributed by atoms with Crippen LogP contribution >= 0.6 is 0 Å². The molecule has 1 aliphatic heterocycles. The molecule has 0 bridgehead atoms. The molecule has 2 aromatic carbocycles. The number of halogens is 1. The van der Waals surface area contributed by atoms with E-state index in [0.717, 1.165) is 18.5 Å². The first-order valence-corrected chi connectivity index (χ1v) is 9.49. The highest BCUT2D eigenvalue weighted by Crippen LogP contribution is 2.24. The van der Waals surface area contributed by atoms with Crippen molar-refractivity contribution in [3.63, 3.8) is 0 Å². The van der Waals surface area contributed by atoms with Gasteiger partial charge in [0.05, 0.1) is 6.54 Å². The zero-order chi connectivity index (χ0) is 17.9. The third-order valence-corrected chi connectivity index (χ3v) is 5.25. The lowest BCUT2D eigenvalue weighted by molar-refractivity contribution is -0.690. The van der Waals surface area contributed by atoms with Crippen LogP contribution in [0, 0.1) is 6.92 Å². The Balaban J connectivity index is 0.00000210. The lowest BCUT2D eigenvalue weighted by Crippen LogP contribution is -3.00. The zero-order valence-electron chi connectivity index (χ0n) is 15.7. The lowest BCUT2D eigenvalue weighted by atomic mass is 10.1. The summed E-state index contributed by atoms with van der Waals surface area (Å²) in [4.78, 5) is 12.8. The molecule has 3 nitrogen and oxygen atoms in total. The number of nitrogens with zero attached hydrogens (tertiary/aromatic N) is 2. The smallest absolute Gasteiger partial charge is 0.257 e. The minimum Gasteiger partial charge on any atom is -1.00 e. The maximum atomic E-state index is 12.8. The van der Waals surface area contributed by atoms with Crippen LogP contribution in [0.2, 0.25) is 0 Å². The van der Waals surface area contributed by atoms with Crippen molar-refractivity contribution in [3.05, 3.63) is 77.7 Å². The van der Waals surface area contributed by atoms with Crippen molar-refractivity contribution in [1.82, 2.24) is 4.57 Å². The fourth-order valence-corrected chi connectivity index (χ4v) is 3.81. The van der Waals surface area contributed by atoms with E-state index < -0.39 is 0 Å². The number of carbonyl (C=O) groups is 1. The average molecular weight is 425 g/mol. The molecular formula is C23H25BrN2O. The van der Waals surface area contributed by atoms with E-state index in [1.807, 2.05) is 37.3 Å². The highest BCUT2D eigenvalue weighted by molar-refractivity contribution is 5.95. The van der Waals surface area contributed by atoms with Crippen molar-refractivity contribution >= 4 is 5.78 Å². The van der Waals surface area contributed by atoms with Crippen LogP contribution < -0.4 is 21.5 Å². The van der Waals surface area contributed by atoms with Gasteiger partial charge >= 0.3 is 0 Å². The van der Waals surface area contributed by atoms with E-state index in [9.17, 15) is 4.79 Å². The molecule has 0 fully saturated rings. The second-order valence-corrected chi connectivity index (χ2v) is 7.18. The number of rotatable bonds is 4. The van der Waals surface area contributed by atoms with Crippen LogP contribution in [0.25, 0.3) is 11.3 Å². The zero-order valence-corrected chi connectivity index (χ0v) is 17.3. The second kappa shape index (κ2) is 8.66. The van der Waals surface area contributed by atoms with Gasteiger partial charge in [0.2, 0.25) is 5.78 Å². The molecule has 0 saturated carbocycles. The molecule has 140 valence electrons. The van der Waals surface area contributed by atoms with Crippen molar-refractivity contribution in [3.8, 4) is 11.3 Å². The minimum absolute atomic E-state index is 0. The first-order valence-electron chi connectivity index (χ1n) is 9.49. The van der Waals surface area contributed by atoms with Gasteiger partial charge in [0, 0.05) is 17.5 Å². The van der Waals surface area contributed by atoms with Gasteiger partial charge in [-0.1, -0.05) is 60.2 Å². The van der Waals surface area contributed by atoms with Crippen molar-refractivity contribution < 1.29 is 26.3 Å². The summed E-state index contributed by atoms with van der Waals surface area (Å²) in [6, 6.07) is 18.4. The van der Waals surface area contributed by atoms with Crippen LogP contribution in [0.5, 0.6) is 0 Å². The van der Waals surface area contributed by atoms with E-state index in [-0.39, 0.29) is 22.8 Å². The number of hydrogen-bond acceptors (Lipinski definition) is 1. The van der Waals surface area contributed by atoms with Gasteiger partial charge in [-0.25, -0.2) is 9.13 Å². The summed E-state index contributed by atoms with van der Waals surface area (Å²) in [6.07, 6.45) is 6.85. The SMILES string of the molecule is Cc1ccc(C(=O)C[n+]2cc(-c3ccccc3)n3c2CCCCC3)cc1.[Br-]. The minimum atomic E-state index is 0. The van der Waals surface area contributed by atoms with Gasteiger partial charge in [-0.2, -0.15) is 0 Å². The lowest BCUT2D eigenvalue weighted by Gasteiger charge is -2.03. The first kappa shape index (κ1) is 19.6. The fourth-order valence-electron chi connectivity index (χ4n) is 3.81. The van der Waals surface area contributed by atoms with E-state index in [0.29, 0.717) is 6.54 Å². The van der Waals surface area contributed by atoms with Crippen LogP contribution in [0.4, 0.5) is 0 Å². The van der Waals surface area contributed by atoms with Crippen molar-refractivity contribution in [2.24, 2.45) is 0 Å². The topological polar surface area (TPSA) is 25.9 Å². The molecule has 0 atom stereocenters. The summed E-state index contributed by atoms with van der Waals surface area (Å²) in [5.74, 6) is 1.45. The van der Waals surface area contributed by atoms with Gasteiger partial charge in [-0.3, -0.25) is 4.79 Å². The van der Waals surface area contributed by atoms with Crippen LogP contribution in [0.3, 0.4) is 0 Å². The Hall–Kier alpha value is -2.20. The number of hydrogen-bond donors (Lipinski definition) is 0. The van der Waals surface area contributed by atoms with Gasteiger partial charge in [-0.05, 0) is 26.2 Å². The first-order chi connectivity index (χ1) is 12.7. The summed E-state index contributed by atoms with van der Waals surface area (Å²) in [6.45, 7) is 3.49. The Labute approximate surface area is 171 Å². The van der Waals surface area contributed by atoms with Crippen molar-refractivity contribution in [2.45, 2.75) is 45.7 Å². The molecule has 1 aromatic heterocycles. The summed E-state index contributed by atoms with van der Waals surface area (Å²) >= 11 is 0. The molecule has 3 aromatic rings. The summed E-state index contributed by atoms with van der Waals surface area (Å²) in [7, 11) is 0. The van der Waals surface area contributed by atoms with Gasteiger partial charge < -0.3 is 17.0 Å². The molecule has 4 heteroatoms. The monoisotopic (exact) mass is 424 g/mol. The highest BCUT2D eigenvalue weighted by atomic mass is 79.9. The maximum absolute atomic E-state index is 12.8. The third kappa shape index (κ3) is 4.22. The number of benzene rings is 2. The Bertz CT molecular complexity index is 914. The summed E-state index contributed by atoms with van der Waals surface area (Å²) < 4.78 is 4.60. The molecule has 4 rings (SSSR count). The summed E-state index contributed by atoms with van der Waals surface area (Å²) in [5.41, 5.74) is 4.41. The number of aryl methyl sites for hydroxylation is 1. The largest absolute Gasteiger partial charge is 1.00 e. The molecule has 1 aliphatic rings. The predicted molar refractivity (Wildman–Crippen MR) is 103 cm³/mol. The van der Waals surface area contributed by atoms with Gasteiger partial charge in [0.15, 0.2) is 12.2 Å². The van der Waals surface area contributed by atoms with Gasteiger partial charge in [-0.15, -0.1) is 0 Å².